The number of benzene rings is 2. The molecule has 0 atom stereocenters. The summed E-state index contributed by atoms with van der Waals surface area (Å²) < 4.78 is 5.16. The lowest BCUT2D eigenvalue weighted by molar-refractivity contribution is -0.135. The summed E-state index contributed by atoms with van der Waals surface area (Å²) in [6.07, 6.45) is 1.94. The first-order chi connectivity index (χ1) is 13.5. The summed E-state index contributed by atoms with van der Waals surface area (Å²) in [6, 6.07) is 15.6. The van der Waals surface area contributed by atoms with Crippen molar-refractivity contribution in [1.29, 1.82) is 0 Å². The Morgan fingerprint density at radius 3 is 2.43 bits per heavy atom. The van der Waals surface area contributed by atoms with E-state index in [0.717, 1.165) is 29.0 Å². The zero-order valence-electron chi connectivity index (χ0n) is 16.8. The molecule has 0 unspecified atom stereocenters. The monoisotopic (exact) mass is 380 g/mol. The maximum absolute atomic E-state index is 13.2. The fourth-order valence-corrected chi connectivity index (χ4v) is 3.44. The Morgan fingerprint density at radius 1 is 1.14 bits per heavy atom. The molecule has 28 heavy (non-hydrogen) atoms. The number of carbonyl (C=O) groups is 2. The number of anilines is 1. The van der Waals surface area contributed by atoms with Crippen LogP contribution in [-0.4, -0.2) is 32.0 Å². The number of nitrogens with one attached hydrogen (secondary N) is 1. The summed E-state index contributed by atoms with van der Waals surface area (Å²) in [5.41, 5.74) is 2.16. The third kappa shape index (κ3) is 4.19. The molecular weight excluding hydrogens is 352 g/mol. The SMILES string of the molecule is CCN(C(=O)C1(C(=O)NCCc2ccc(OC)cc2)CC1)c1cccc(C)c1. The van der Waals surface area contributed by atoms with Crippen molar-refractivity contribution in [3.05, 3.63) is 59.7 Å². The molecular formula is C23H28N2O3. The van der Waals surface area contributed by atoms with Crippen molar-refractivity contribution >= 4 is 17.5 Å². The molecule has 1 saturated carbocycles. The highest BCUT2D eigenvalue weighted by Gasteiger charge is 2.57. The van der Waals surface area contributed by atoms with Gasteiger partial charge in [0.25, 0.3) is 0 Å². The Balaban J connectivity index is 1.61. The highest BCUT2D eigenvalue weighted by atomic mass is 16.5. The zero-order chi connectivity index (χ0) is 20.1. The van der Waals surface area contributed by atoms with Gasteiger partial charge in [0, 0.05) is 18.8 Å². The Labute approximate surface area is 166 Å². The van der Waals surface area contributed by atoms with E-state index in [4.69, 9.17) is 4.74 Å². The molecule has 148 valence electrons. The van der Waals surface area contributed by atoms with Gasteiger partial charge in [-0.15, -0.1) is 0 Å². The fourth-order valence-electron chi connectivity index (χ4n) is 3.44. The van der Waals surface area contributed by atoms with Gasteiger partial charge in [0.05, 0.1) is 7.11 Å². The van der Waals surface area contributed by atoms with Crippen molar-refractivity contribution in [3.63, 3.8) is 0 Å². The lowest BCUT2D eigenvalue weighted by atomic mass is 10.0. The third-order valence-electron chi connectivity index (χ3n) is 5.33. The van der Waals surface area contributed by atoms with Crippen LogP contribution in [0.5, 0.6) is 5.75 Å². The van der Waals surface area contributed by atoms with Gasteiger partial charge in [0.15, 0.2) is 0 Å². The molecule has 5 heteroatoms. The van der Waals surface area contributed by atoms with Crippen LogP contribution in [0.1, 0.15) is 30.9 Å². The van der Waals surface area contributed by atoms with E-state index in [1.807, 2.05) is 62.4 Å². The minimum atomic E-state index is -0.903. The maximum atomic E-state index is 13.2. The summed E-state index contributed by atoms with van der Waals surface area (Å²) in [4.78, 5) is 27.7. The predicted octanol–water partition coefficient (Wildman–Crippen LogP) is 3.50. The van der Waals surface area contributed by atoms with Crippen LogP contribution in [0.3, 0.4) is 0 Å². The number of hydrogen-bond donors (Lipinski definition) is 1. The summed E-state index contributed by atoms with van der Waals surface area (Å²) in [5, 5.41) is 2.97. The number of amides is 2. The fraction of sp³-hybridized carbons (Fsp3) is 0.391. The zero-order valence-corrected chi connectivity index (χ0v) is 16.8. The first-order valence-electron chi connectivity index (χ1n) is 9.80. The number of hydrogen-bond acceptors (Lipinski definition) is 3. The normalized spacial score (nSPS) is 14.2. The Kier molecular flexibility index (Phi) is 6.02. The standard InChI is InChI=1S/C23H28N2O3/c1-4-25(19-7-5-6-17(2)16-19)22(27)23(13-14-23)21(26)24-15-12-18-8-10-20(28-3)11-9-18/h5-11,16H,4,12-15H2,1-3H3,(H,24,26). The quantitative estimate of drug-likeness (QED) is 0.713. The number of ether oxygens (including phenoxy) is 1. The maximum Gasteiger partial charge on any atom is 0.242 e. The van der Waals surface area contributed by atoms with Crippen LogP contribution in [0.15, 0.2) is 48.5 Å². The molecule has 2 aromatic rings. The molecule has 0 heterocycles. The molecule has 1 aliphatic rings. The van der Waals surface area contributed by atoms with Gasteiger partial charge in [-0.25, -0.2) is 0 Å². The average molecular weight is 380 g/mol. The van der Waals surface area contributed by atoms with Crippen molar-refractivity contribution < 1.29 is 14.3 Å². The van der Waals surface area contributed by atoms with Gasteiger partial charge >= 0.3 is 0 Å². The van der Waals surface area contributed by atoms with Crippen LogP contribution in [0.25, 0.3) is 0 Å². The van der Waals surface area contributed by atoms with Crippen LogP contribution in [0.4, 0.5) is 5.69 Å². The second kappa shape index (κ2) is 8.46. The number of methoxy groups -OCH3 is 1. The summed E-state index contributed by atoms with van der Waals surface area (Å²) in [7, 11) is 1.64. The van der Waals surface area contributed by atoms with E-state index in [2.05, 4.69) is 5.32 Å². The predicted molar refractivity (Wildman–Crippen MR) is 111 cm³/mol. The second-order valence-corrected chi connectivity index (χ2v) is 7.32. The average Bonchev–Trinajstić information content (AvgIpc) is 3.51. The van der Waals surface area contributed by atoms with Crippen molar-refractivity contribution in [2.45, 2.75) is 33.1 Å². The van der Waals surface area contributed by atoms with Crippen LogP contribution in [0, 0.1) is 12.3 Å². The highest BCUT2D eigenvalue weighted by molar-refractivity contribution is 6.14. The van der Waals surface area contributed by atoms with Gasteiger partial charge in [0.1, 0.15) is 11.2 Å². The molecule has 0 saturated heterocycles. The van der Waals surface area contributed by atoms with E-state index in [1.165, 1.54) is 0 Å². The van der Waals surface area contributed by atoms with Crippen LogP contribution in [0.2, 0.25) is 0 Å². The molecule has 2 aromatic carbocycles. The number of rotatable bonds is 8. The number of aryl methyl sites for hydroxylation is 1. The van der Waals surface area contributed by atoms with Crippen molar-refractivity contribution in [2.24, 2.45) is 5.41 Å². The van der Waals surface area contributed by atoms with Gasteiger partial charge in [-0.05, 0) is 68.5 Å². The van der Waals surface area contributed by atoms with Gasteiger partial charge in [-0.2, -0.15) is 0 Å². The molecule has 0 radical (unpaired) electrons. The van der Waals surface area contributed by atoms with E-state index < -0.39 is 5.41 Å². The Bertz CT molecular complexity index is 841. The third-order valence-corrected chi connectivity index (χ3v) is 5.33. The minimum absolute atomic E-state index is 0.0949. The van der Waals surface area contributed by atoms with Gasteiger partial charge in [-0.1, -0.05) is 24.3 Å². The minimum Gasteiger partial charge on any atom is -0.497 e. The number of carbonyl (C=O) groups excluding carboxylic acids is 2. The molecule has 2 amide bonds. The largest absolute Gasteiger partial charge is 0.497 e. The molecule has 0 aliphatic heterocycles. The van der Waals surface area contributed by atoms with E-state index in [9.17, 15) is 9.59 Å². The summed E-state index contributed by atoms with van der Waals surface area (Å²) in [5.74, 6) is 0.561. The number of nitrogens with zero attached hydrogens (tertiary/aromatic N) is 1. The summed E-state index contributed by atoms with van der Waals surface area (Å²) >= 11 is 0. The van der Waals surface area contributed by atoms with Gasteiger partial charge in [-0.3, -0.25) is 9.59 Å². The van der Waals surface area contributed by atoms with E-state index in [1.54, 1.807) is 12.0 Å². The van der Waals surface area contributed by atoms with Crippen molar-refractivity contribution in [3.8, 4) is 5.75 Å². The molecule has 1 aliphatic carbocycles. The summed E-state index contributed by atoms with van der Waals surface area (Å²) in [6.45, 7) is 5.00. The molecule has 1 N–H and O–H groups in total. The van der Waals surface area contributed by atoms with Gasteiger partial charge in [0.2, 0.25) is 11.8 Å². The van der Waals surface area contributed by atoms with E-state index >= 15 is 0 Å². The van der Waals surface area contributed by atoms with E-state index in [0.29, 0.717) is 25.9 Å². The van der Waals surface area contributed by atoms with Crippen LogP contribution < -0.4 is 15.0 Å². The molecule has 3 rings (SSSR count). The molecule has 1 fully saturated rings. The highest BCUT2D eigenvalue weighted by Crippen LogP contribution is 2.48. The second-order valence-electron chi connectivity index (χ2n) is 7.32. The molecule has 5 nitrogen and oxygen atoms in total. The molecule has 0 spiro atoms. The van der Waals surface area contributed by atoms with Crippen molar-refractivity contribution in [2.75, 3.05) is 25.1 Å². The Hall–Kier alpha value is -2.82. The smallest absolute Gasteiger partial charge is 0.242 e. The van der Waals surface area contributed by atoms with Crippen LogP contribution in [-0.2, 0) is 16.0 Å². The first-order valence-corrected chi connectivity index (χ1v) is 9.80. The lowest BCUT2D eigenvalue weighted by Gasteiger charge is -2.26. The molecule has 0 aromatic heterocycles. The topological polar surface area (TPSA) is 58.6 Å². The van der Waals surface area contributed by atoms with Gasteiger partial charge < -0.3 is 15.0 Å². The molecule has 0 bridgehead atoms. The van der Waals surface area contributed by atoms with Crippen molar-refractivity contribution in [1.82, 2.24) is 5.32 Å². The van der Waals surface area contributed by atoms with E-state index in [-0.39, 0.29) is 11.8 Å². The Morgan fingerprint density at radius 2 is 1.86 bits per heavy atom. The van der Waals surface area contributed by atoms with Crippen LogP contribution >= 0.6 is 0 Å². The first kappa shape index (κ1) is 19.9. The lowest BCUT2D eigenvalue weighted by Crippen LogP contribution is -2.45.